The highest BCUT2D eigenvalue weighted by Crippen LogP contribution is 2.30. The lowest BCUT2D eigenvalue weighted by molar-refractivity contribution is -0.116. The molecule has 0 saturated heterocycles. The van der Waals surface area contributed by atoms with Gasteiger partial charge in [-0.15, -0.1) is 0 Å². The zero-order valence-electron chi connectivity index (χ0n) is 16.8. The number of anilines is 3. The van der Waals surface area contributed by atoms with E-state index in [0.29, 0.717) is 23.5 Å². The smallest absolute Gasteiger partial charge is 0.261 e. The molecule has 1 aliphatic heterocycles. The topological polar surface area (TPSA) is 95.6 Å². The lowest BCUT2D eigenvalue weighted by Gasteiger charge is -2.15. The third-order valence-electron chi connectivity index (χ3n) is 5.07. The SMILES string of the molecule is CC(=O)N1CCc2cc(NC(=O)c3ccc(S(=O)(=O)Nc4ccccc4)cc3)ccc21. The van der Waals surface area contributed by atoms with E-state index in [1.54, 1.807) is 41.3 Å². The number of carbonyl (C=O) groups is 2. The number of carbonyl (C=O) groups excluding carboxylic acids is 2. The van der Waals surface area contributed by atoms with Gasteiger partial charge in [0.25, 0.3) is 15.9 Å². The molecule has 31 heavy (non-hydrogen) atoms. The van der Waals surface area contributed by atoms with Crippen molar-refractivity contribution in [2.75, 3.05) is 21.5 Å². The van der Waals surface area contributed by atoms with Crippen LogP contribution in [-0.4, -0.2) is 26.8 Å². The van der Waals surface area contributed by atoms with Crippen LogP contribution >= 0.6 is 0 Å². The lowest BCUT2D eigenvalue weighted by Crippen LogP contribution is -2.25. The molecule has 0 fully saturated rings. The molecule has 2 amide bonds. The minimum atomic E-state index is -3.75. The van der Waals surface area contributed by atoms with E-state index in [1.807, 2.05) is 12.1 Å². The van der Waals surface area contributed by atoms with Gasteiger partial charge >= 0.3 is 0 Å². The zero-order chi connectivity index (χ0) is 22.0. The highest BCUT2D eigenvalue weighted by atomic mass is 32.2. The molecule has 2 N–H and O–H groups in total. The van der Waals surface area contributed by atoms with Crippen LogP contribution in [0.15, 0.2) is 77.7 Å². The van der Waals surface area contributed by atoms with Crippen molar-refractivity contribution in [3.05, 3.63) is 83.9 Å². The molecular weight excluding hydrogens is 414 g/mol. The van der Waals surface area contributed by atoms with Crippen molar-refractivity contribution >= 4 is 38.9 Å². The Morgan fingerprint density at radius 2 is 1.61 bits per heavy atom. The molecule has 158 valence electrons. The van der Waals surface area contributed by atoms with Crippen LogP contribution in [0.4, 0.5) is 17.1 Å². The quantitative estimate of drug-likeness (QED) is 0.640. The van der Waals surface area contributed by atoms with E-state index < -0.39 is 10.0 Å². The van der Waals surface area contributed by atoms with Crippen LogP contribution in [0.2, 0.25) is 0 Å². The first kappa shape index (κ1) is 20.6. The van der Waals surface area contributed by atoms with Crippen LogP contribution in [0.3, 0.4) is 0 Å². The molecular formula is C23H21N3O4S. The number of hydrogen-bond acceptors (Lipinski definition) is 4. The maximum atomic E-state index is 12.6. The molecule has 3 aromatic carbocycles. The Kier molecular flexibility index (Phi) is 5.48. The molecule has 0 aliphatic carbocycles. The Morgan fingerprint density at radius 1 is 0.903 bits per heavy atom. The van der Waals surface area contributed by atoms with Crippen molar-refractivity contribution in [3.8, 4) is 0 Å². The van der Waals surface area contributed by atoms with E-state index in [0.717, 1.165) is 17.7 Å². The summed E-state index contributed by atoms with van der Waals surface area (Å²) in [5.41, 5.74) is 3.29. The van der Waals surface area contributed by atoms with Gasteiger partial charge in [-0.05, 0) is 66.6 Å². The Labute approximate surface area is 180 Å². The Balaban J connectivity index is 1.46. The summed E-state index contributed by atoms with van der Waals surface area (Å²) < 4.78 is 27.5. The van der Waals surface area contributed by atoms with Crippen molar-refractivity contribution in [1.82, 2.24) is 0 Å². The standard InChI is InChI=1S/C23H21N3O4S/c1-16(27)26-14-13-18-15-20(9-12-22(18)26)24-23(28)17-7-10-21(11-8-17)31(29,30)25-19-5-3-2-4-6-19/h2-12,15,25H,13-14H2,1H3,(H,24,28). The average molecular weight is 436 g/mol. The summed E-state index contributed by atoms with van der Waals surface area (Å²) in [6, 6.07) is 19.8. The maximum absolute atomic E-state index is 12.6. The molecule has 0 unspecified atom stereocenters. The van der Waals surface area contributed by atoms with Gasteiger partial charge in [-0.3, -0.25) is 14.3 Å². The number of para-hydroxylation sites is 1. The van der Waals surface area contributed by atoms with Gasteiger partial charge in [0.2, 0.25) is 5.91 Å². The number of hydrogen-bond donors (Lipinski definition) is 2. The fourth-order valence-corrected chi connectivity index (χ4v) is 4.57. The normalized spacial score (nSPS) is 12.9. The highest BCUT2D eigenvalue weighted by molar-refractivity contribution is 7.92. The van der Waals surface area contributed by atoms with Crippen molar-refractivity contribution in [2.45, 2.75) is 18.2 Å². The molecule has 0 radical (unpaired) electrons. The number of benzene rings is 3. The molecule has 8 heteroatoms. The van der Waals surface area contributed by atoms with Gasteiger partial charge in [0, 0.05) is 36.1 Å². The summed E-state index contributed by atoms with van der Waals surface area (Å²) >= 11 is 0. The summed E-state index contributed by atoms with van der Waals surface area (Å²) in [4.78, 5) is 26.0. The summed E-state index contributed by atoms with van der Waals surface area (Å²) in [6.45, 7) is 2.17. The van der Waals surface area contributed by atoms with Gasteiger partial charge in [0.1, 0.15) is 0 Å². The van der Waals surface area contributed by atoms with Gasteiger partial charge in [-0.2, -0.15) is 0 Å². The predicted molar refractivity (Wildman–Crippen MR) is 120 cm³/mol. The molecule has 1 heterocycles. The maximum Gasteiger partial charge on any atom is 0.261 e. The van der Waals surface area contributed by atoms with Crippen molar-refractivity contribution in [2.24, 2.45) is 0 Å². The largest absolute Gasteiger partial charge is 0.322 e. The van der Waals surface area contributed by atoms with E-state index in [1.165, 1.54) is 31.2 Å². The Hall–Kier alpha value is -3.65. The fourth-order valence-electron chi connectivity index (χ4n) is 3.52. The Morgan fingerprint density at radius 3 is 2.29 bits per heavy atom. The van der Waals surface area contributed by atoms with Crippen molar-refractivity contribution < 1.29 is 18.0 Å². The minimum Gasteiger partial charge on any atom is -0.322 e. The van der Waals surface area contributed by atoms with E-state index >= 15 is 0 Å². The summed E-state index contributed by atoms with van der Waals surface area (Å²) in [5, 5.41) is 2.82. The minimum absolute atomic E-state index is 0.00710. The summed E-state index contributed by atoms with van der Waals surface area (Å²) in [5.74, 6) is -0.353. The number of sulfonamides is 1. The second-order valence-electron chi connectivity index (χ2n) is 7.21. The van der Waals surface area contributed by atoms with Crippen LogP contribution in [0, 0.1) is 0 Å². The molecule has 0 bridgehead atoms. The van der Waals surface area contributed by atoms with Crippen LogP contribution in [0.5, 0.6) is 0 Å². The lowest BCUT2D eigenvalue weighted by atomic mass is 10.1. The third kappa shape index (κ3) is 4.44. The molecule has 4 rings (SSSR count). The number of nitrogens with one attached hydrogen (secondary N) is 2. The van der Waals surface area contributed by atoms with Crippen LogP contribution in [0.25, 0.3) is 0 Å². The van der Waals surface area contributed by atoms with Gasteiger partial charge in [0.05, 0.1) is 4.90 Å². The molecule has 1 aliphatic rings. The van der Waals surface area contributed by atoms with Crippen molar-refractivity contribution in [1.29, 1.82) is 0 Å². The number of nitrogens with zero attached hydrogens (tertiary/aromatic N) is 1. The third-order valence-corrected chi connectivity index (χ3v) is 6.46. The first-order chi connectivity index (χ1) is 14.8. The molecule has 0 aromatic heterocycles. The van der Waals surface area contributed by atoms with Crippen LogP contribution in [-0.2, 0) is 21.2 Å². The predicted octanol–water partition coefficient (Wildman–Crippen LogP) is 3.65. The first-order valence-corrected chi connectivity index (χ1v) is 11.2. The summed E-state index contributed by atoms with van der Waals surface area (Å²) in [7, 11) is -3.75. The van der Waals surface area contributed by atoms with Gasteiger partial charge in [-0.25, -0.2) is 8.42 Å². The molecule has 0 spiro atoms. The second kappa shape index (κ2) is 8.23. The zero-order valence-corrected chi connectivity index (χ0v) is 17.6. The van der Waals surface area contributed by atoms with Crippen LogP contribution < -0.4 is 14.9 Å². The summed E-state index contributed by atoms with van der Waals surface area (Å²) in [6.07, 6.45) is 0.736. The number of amides is 2. The van der Waals surface area contributed by atoms with E-state index in [2.05, 4.69) is 10.0 Å². The molecule has 0 saturated carbocycles. The Bertz CT molecular complexity index is 1240. The van der Waals surface area contributed by atoms with Crippen molar-refractivity contribution in [3.63, 3.8) is 0 Å². The van der Waals surface area contributed by atoms with E-state index in [4.69, 9.17) is 0 Å². The highest BCUT2D eigenvalue weighted by Gasteiger charge is 2.22. The van der Waals surface area contributed by atoms with E-state index in [-0.39, 0.29) is 16.7 Å². The van der Waals surface area contributed by atoms with Gasteiger partial charge < -0.3 is 10.2 Å². The van der Waals surface area contributed by atoms with Gasteiger partial charge in [0.15, 0.2) is 0 Å². The number of fused-ring (bicyclic) bond motifs is 1. The second-order valence-corrected chi connectivity index (χ2v) is 8.90. The monoisotopic (exact) mass is 435 g/mol. The molecule has 0 atom stereocenters. The average Bonchev–Trinajstić information content (AvgIpc) is 3.18. The van der Waals surface area contributed by atoms with Crippen LogP contribution in [0.1, 0.15) is 22.8 Å². The van der Waals surface area contributed by atoms with E-state index in [9.17, 15) is 18.0 Å². The first-order valence-electron chi connectivity index (χ1n) is 9.74. The van der Waals surface area contributed by atoms with Gasteiger partial charge in [-0.1, -0.05) is 18.2 Å². The molecule has 7 nitrogen and oxygen atoms in total. The molecule has 3 aromatic rings. The fraction of sp³-hybridized carbons (Fsp3) is 0.130. The number of rotatable bonds is 5.